The van der Waals surface area contributed by atoms with E-state index >= 15 is 0 Å². The number of furan rings is 1. The van der Waals surface area contributed by atoms with Gasteiger partial charge in [-0.2, -0.15) is 0 Å². The van der Waals surface area contributed by atoms with Crippen molar-refractivity contribution in [1.29, 1.82) is 0 Å². The van der Waals surface area contributed by atoms with Crippen LogP contribution in [-0.4, -0.2) is 0 Å². The van der Waals surface area contributed by atoms with Crippen molar-refractivity contribution in [2.45, 2.75) is 9.79 Å². The Kier molecular flexibility index (Phi) is 3.10. The van der Waals surface area contributed by atoms with E-state index in [1.54, 1.807) is 11.8 Å². The summed E-state index contributed by atoms with van der Waals surface area (Å²) in [7, 11) is 0. The second-order valence-electron chi connectivity index (χ2n) is 5.81. The molecule has 0 saturated carbocycles. The first-order chi connectivity index (χ1) is 11.9. The van der Waals surface area contributed by atoms with E-state index in [0.717, 1.165) is 11.2 Å². The Balaban J connectivity index is 1.91. The minimum absolute atomic E-state index is 0.942. The fraction of sp³-hybridized carbons (Fsp3) is 0. The van der Waals surface area contributed by atoms with Gasteiger partial charge in [0.1, 0.15) is 11.2 Å². The van der Waals surface area contributed by atoms with E-state index in [2.05, 4.69) is 72.8 Å². The van der Waals surface area contributed by atoms with Crippen LogP contribution in [0.2, 0.25) is 0 Å². The molecule has 5 aromatic rings. The highest BCUT2D eigenvalue weighted by Gasteiger charge is 2.15. The predicted octanol–water partition coefficient (Wildman–Crippen LogP) is 6.89. The maximum absolute atomic E-state index is 6.13. The molecule has 0 aliphatic carbocycles. The second-order valence-corrected chi connectivity index (χ2v) is 6.90. The van der Waals surface area contributed by atoms with Crippen molar-refractivity contribution in [3.63, 3.8) is 0 Å². The van der Waals surface area contributed by atoms with Gasteiger partial charge >= 0.3 is 0 Å². The first-order valence-electron chi connectivity index (χ1n) is 7.96. The molecule has 0 amide bonds. The van der Waals surface area contributed by atoms with Crippen LogP contribution in [0, 0.1) is 0 Å². The number of hydrogen-bond donors (Lipinski definition) is 0. The van der Waals surface area contributed by atoms with E-state index in [1.165, 1.54) is 31.3 Å². The summed E-state index contributed by atoms with van der Waals surface area (Å²) in [6.45, 7) is 0. The van der Waals surface area contributed by atoms with Crippen LogP contribution in [0.25, 0.3) is 32.7 Å². The number of para-hydroxylation sites is 1. The molecule has 0 bridgehead atoms. The van der Waals surface area contributed by atoms with Gasteiger partial charge in [-0.15, -0.1) is 0 Å². The zero-order valence-corrected chi connectivity index (χ0v) is 13.7. The molecule has 5 rings (SSSR count). The zero-order valence-electron chi connectivity index (χ0n) is 12.9. The van der Waals surface area contributed by atoms with E-state index in [-0.39, 0.29) is 0 Å². The summed E-state index contributed by atoms with van der Waals surface area (Å²) in [5.41, 5.74) is 1.89. The number of hydrogen-bond acceptors (Lipinski definition) is 2. The summed E-state index contributed by atoms with van der Waals surface area (Å²) in [5, 5.41) is 4.86. The molecular weight excluding hydrogens is 312 g/mol. The molecular formula is C22H14OS. The second kappa shape index (κ2) is 5.43. The zero-order chi connectivity index (χ0) is 15.9. The van der Waals surface area contributed by atoms with Gasteiger partial charge in [-0.25, -0.2) is 0 Å². The number of rotatable bonds is 2. The molecule has 0 unspecified atom stereocenters. The molecule has 0 saturated heterocycles. The predicted molar refractivity (Wildman–Crippen MR) is 102 cm³/mol. The van der Waals surface area contributed by atoms with Gasteiger partial charge < -0.3 is 4.42 Å². The Morgan fingerprint density at radius 1 is 0.625 bits per heavy atom. The van der Waals surface area contributed by atoms with Gasteiger partial charge in [-0.3, -0.25) is 0 Å². The van der Waals surface area contributed by atoms with E-state index < -0.39 is 0 Å². The lowest BCUT2D eigenvalue weighted by Gasteiger charge is -2.08. The molecule has 0 radical (unpaired) electrons. The molecule has 2 heteroatoms. The van der Waals surface area contributed by atoms with Crippen molar-refractivity contribution in [2.24, 2.45) is 0 Å². The van der Waals surface area contributed by atoms with Gasteiger partial charge in [0, 0.05) is 20.6 Å². The van der Waals surface area contributed by atoms with Crippen molar-refractivity contribution in [2.75, 3.05) is 0 Å². The van der Waals surface area contributed by atoms with Crippen LogP contribution in [0.4, 0.5) is 0 Å². The quantitative estimate of drug-likeness (QED) is 0.350. The molecule has 1 nitrogen and oxygen atoms in total. The summed E-state index contributed by atoms with van der Waals surface area (Å²) >= 11 is 1.81. The third kappa shape index (κ3) is 2.11. The highest BCUT2D eigenvalue weighted by atomic mass is 32.2. The molecule has 114 valence electrons. The topological polar surface area (TPSA) is 13.1 Å². The highest BCUT2D eigenvalue weighted by Crippen LogP contribution is 2.43. The average Bonchev–Trinajstić information content (AvgIpc) is 3.00. The summed E-state index contributed by atoms with van der Waals surface area (Å²) in [4.78, 5) is 2.50. The standard InChI is InChI=1S/C22H14OS/c1-2-9-16(10-3-1)24-22-17-11-5-4-8-15(17)14-20-21(22)18-12-6-7-13-19(18)23-20/h1-14H. The molecule has 0 spiro atoms. The minimum Gasteiger partial charge on any atom is -0.456 e. The van der Waals surface area contributed by atoms with Gasteiger partial charge in [0.25, 0.3) is 0 Å². The van der Waals surface area contributed by atoms with Crippen LogP contribution >= 0.6 is 11.8 Å². The fourth-order valence-corrected chi connectivity index (χ4v) is 4.36. The van der Waals surface area contributed by atoms with Crippen molar-refractivity contribution in [1.82, 2.24) is 0 Å². The van der Waals surface area contributed by atoms with Crippen LogP contribution < -0.4 is 0 Å². The third-order valence-corrected chi connectivity index (χ3v) is 5.44. The van der Waals surface area contributed by atoms with Crippen LogP contribution in [0.1, 0.15) is 0 Å². The maximum Gasteiger partial charge on any atom is 0.137 e. The Bertz CT molecular complexity index is 1170. The van der Waals surface area contributed by atoms with E-state index in [4.69, 9.17) is 4.42 Å². The van der Waals surface area contributed by atoms with Crippen molar-refractivity contribution in [3.05, 3.63) is 84.9 Å². The van der Waals surface area contributed by atoms with E-state index in [9.17, 15) is 0 Å². The van der Waals surface area contributed by atoms with Crippen molar-refractivity contribution >= 4 is 44.5 Å². The molecule has 0 aliphatic heterocycles. The Hall–Kier alpha value is -2.71. The smallest absolute Gasteiger partial charge is 0.137 e. The SMILES string of the molecule is c1ccc(Sc2c3ccccc3cc3oc4ccccc4c23)cc1. The van der Waals surface area contributed by atoms with Gasteiger partial charge in [0.05, 0.1) is 0 Å². The van der Waals surface area contributed by atoms with E-state index in [1.807, 2.05) is 12.1 Å². The van der Waals surface area contributed by atoms with Gasteiger partial charge in [0.15, 0.2) is 0 Å². The van der Waals surface area contributed by atoms with Crippen LogP contribution in [0.3, 0.4) is 0 Å². The minimum atomic E-state index is 0.942. The summed E-state index contributed by atoms with van der Waals surface area (Å²) in [5.74, 6) is 0. The summed E-state index contributed by atoms with van der Waals surface area (Å²) < 4.78 is 6.13. The molecule has 4 aromatic carbocycles. The fourth-order valence-electron chi connectivity index (χ4n) is 3.22. The first-order valence-corrected chi connectivity index (χ1v) is 8.78. The van der Waals surface area contributed by atoms with Crippen LogP contribution in [0.5, 0.6) is 0 Å². The molecule has 24 heavy (non-hydrogen) atoms. The lowest BCUT2D eigenvalue weighted by Crippen LogP contribution is -1.81. The third-order valence-electron chi connectivity index (χ3n) is 4.30. The normalized spacial score (nSPS) is 11.5. The molecule has 1 heterocycles. The maximum atomic E-state index is 6.13. The number of fused-ring (bicyclic) bond motifs is 4. The summed E-state index contributed by atoms with van der Waals surface area (Å²) in [6, 6.07) is 29.5. The van der Waals surface area contributed by atoms with Gasteiger partial charge in [-0.05, 0) is 35.0 Å². The lowest BCUT2D eigenvalue weighted by atomic mass is 10.1. The number of benzene rings is 4. The molecule has 1 aromatic heterocycles. The largest absolute Gasteiger partial charge is 0.456 e. The van der Waals surface area contributed by atoms with Crippen LogP contribution in [-0.2, 0) is 0 Å². The molecule has 0 atom stereocenters. The Labute approximate surface area is 143 Å². The average molecular weight is 326 g/mol. The molecule has 0 N–H and O–H groups in total. The monoisotopic (exact) mass is 326 g/mol. The van der Waals surface area contributed by atoms with Gasteiger partial charge in [-0.1, -0.05) is 72.4 Å². The van der Waals surface area contributed by atoms with Crippen molar-refractivity contribution < 1.29 is 4.42 Å². The Morgan fingerprint density at radius 3 is 2.21 bits per heavy atom. The van der Waals surface area contributed by atoms with E-state index in [0.29, 0.717) is 0 Å². The van der Waals surface area contributed by atoms with Crippen LogP contribution in [0.15, 0.2) is 99.1 Å². The highest BCUT2D eigenvalue weighted by molar-refractivity contribution is 7.99. The molecule has 0 fully saturated rings. The van der Waals surface area contributed by atoms with Gasteiger partial charge in [0.2, 0.25) is 0 Å². The van der Waals surface area contributed by atoms with Crippen molar-refractivity contribution in [3.8, 4) is 0 Å². The lowest BCUT2D eigenvalue weighted by molar-refractivity contribution is 0.669. The first kappa shape index (κ1) is 13.7. The summed E-state index contributed by atoms with van der Waals surface area (Å²) in [6.07, 6.45) is 0. The molecule has 0 aliphatic rings. The Morgan fingerprint density at radius 2 is 1.33 bits per heavy atom.